The molecule has 0 radical (unpaired) electrons. The van der Waals surface area contributed by atoms with E-state index < -0.39 is 11.9 Å². The van der Waals surface area contributed by atoms with E-state index in [0.717, 1.165) is 22.0 Å². The molecule has 0 bridgehead atoms. The summed E-state index contributed by atoms with van der Waals surface area (Å²) in [6, 6.07) is 9.81. The molecule has 2 aromatic carbocycles. The fraction of sp³-hybridized carbons (Fsp3) is 0.348. The van der Waals surface area contributed by atoms with Crippen LogP contribution in [0.5, 0.6) is 0 Å². The van der Waals surface area contributed by atoms with Crippen molar-refractivity contribution in [2.24, 2.45) is 0 Å². The van der Waals surface area contributed by atoms with Crippen molar-refractivity contribution in [1.82, 2.24) is 4.90 Å². The van der Waals surface area contributed by atoms with E-state index in [9.17, 15) is 14.4 Å². The predicted molar refractivity (Wildman–Crippen MR) is 116 cm³/mol. The molecule has 158 valence electrons. The number of esters is 2. The highest BCUT2D eigenvalue weighted by Crippen LogP contribution is 2.33. The normalized spacial score (nSPS) is 12.3. The maximum absolute atomic E-state index is 12.6. The van der Waals surface area contributed by atoms with Crippen LogP contribution >= 0.6 is 0 Å². The van der Waals surface area contributed by atoms with Crippen molar-refractivity contribution in [1.29, 1.82) is 0 Å². The van der Waals surface area contributed by atoms with Gasteiger partial charge < -0.3 is 14.8 Å². The van der Waals surface area contributed by atoms with E-state index in [2.05, 4.69) is 5.32 Å². The molecule has 0 amide bonds. The molecule has 3 rings (SSSR count). The van der Waals surface area contributed by atoms with Crippen LogP contribution in [0.1, 0.15) is 29.8 Å². The minimum atomic E-state index is -0.396. The average Bonchev–Trinajstić information content (AvgIpc) is 2.71. The number of benzene rings is 2. The zero-order chi connectivity index (χ0) is 21.5. The van der Waals surface area contributed by atoms with Crippen molar-refractivity contribution in [2.75, 3.05) is 44.7 Å². The highest BCUT2D eigenvalue weighted by molar-refractivity contribution is 6.23. The zero-order valence-corrected chi connectivity index (χ0v) is 17.3. The van der Waals surface area contributed by atoms with Crippen molar-refractivity contribution in [3.05, 3.63) is 47.5 Å². The van der Waals surface area contributed by atoms with Gasteiger partial charge in [0.1, 0.15) is 0 Å². The number of ether oxygens (including phenoxy) is 2. The summed E-state index contributed by atoms with van der Waals surface area (Å²) in [6.45, 7) is 4.86. The third-order valence-corrected chi connectivity index (χ3v) is 4.80. The molecule has 0 aliphatic heterocycles. The summed E-state index contributed by atoms with van der Waals surface area (Å²) in [7, 11) is 0. The molecule has 0 saturated heterocycles. The molecule has 1 aliphatic rings. The summed E-state index contributed by atoms with van der Waals surface area (Å²) in [5.74, 6) is -0.836. The van der Waals surface area contributed by atoms with Crippen LogP contribution in [-0.2, 0) is 19.1 Å². The monoisotopic (exact) mass is 410 g/mol. The molecule has 0 fully saturated rings. The minimum Gasteiger partial charge on any atom is -0.465 e. The third-order valence-electron chi connectivity index (χ3n) is 4.80. The molecule has 0 atom stereocenters. The first kappa shape index (κ1) is 21.5. The Morgan fingerprint density at radius 3 is 2.33 bits per heavy atom. The second kappa shape index (κ2) is 10.0. The Morgan fingerprint density at radius 2 is 1.67 bits per heavy atom. The molecule has 1 aliphatic carbocycles. The van der Waals surface area contributed by atoms with Gasteiger partial charge in [-0.05, 0) is 36.9 Å². The molecule has 7 nitrogen and oxygen atoms in total. The summed E-state index contributed by atoms with van der Waals surface area (Å²) < 4.78 is 9.99. The second-order valence-corrected chi connectivity index (χ2v) is 6.88. The van der Waals surface area contributed by atoms with Crippen LogP contribution in [-0.4, -0.2) is 62.0 Å². The molecular weight excluding hydrogens is 384 g/mol. The number of hydrogen-bond acceptors (Lipinski definition) is 7. The van der Waals surface area contributed by atoms with Crippen molar-refractivity contribution < 1.29 is 23.9 Å². The molecule has 30 heavy (non-hydrogen) atoms. The third kappa shape index (κ3) is 5.04. The molecule has 7 heteroatoms. The smallest absolute Gasteiger partial charge is 0.320 e. The summed E-state index contributed by atoms with van der Waals surface area (Å²) in [5, 5.41) is 5.23. The number of allylic oxidation sites excluding steroid dienone is 1. The number of nitrogens with one attached hydrogen (secondary N) is 1. The molecule has 0 saturated carbocycles. The van der Waals surface area contributed by atoms with E-state index in [1.807, 2.05) is 36.4 Å². The van der Waals surface area contributed by atoms with E-state index in [-0.39, 0.29) is 32.1 Å². The van der Waals surface area contributed by atoms with Gasteiger partial charge in [-0.3, -0.25) is 19.3 Å². The molecule has 2 aromatic rings. The van der Waals surface area contributed by atoms with Gasteiger partial charge in [0.15, 0.2) is 5.78 Å². The van der Waals surface area contributed by atoms with Crippen molar-refractivity contribution in [3.63, 3.8) is 0 Å². The van der Waals surface area contributed by atoms with Gasteiger partial charge in [0.2, 0.25) is 0 Å². The highest BCUT2D eigenvalue weighted by Gasteiger charge is 2.20. The number of carbonyl (C=O) groups excluding carboxylic acids is 3. The average molecular weight is 410 g/mol. The van der Waals surface area contributed by atoms with Crippen LogP contribution in [0.15, 0.2) is 36.4 Å². The summed E-state index contributed by atoms with van der Waals surface area (Å²) >= 11 is 0. The SMILES string of the molecule is CCOC(=O)CN(CCNc1ccc2cccc3c2c1C(=O)C=C3)CC(=O)OCC. The first-order valence-corrected chi connectivity index (χ1v) is 10.1. The van der Waals surface area contributed by atoms with E-state index in [4.69, 9.17) is 9.47 Å². The van der Waals surface area contributed by atoms with Crippen LogP contribution in [0.25, 0.3) is 16.8 Å². The van der Waals surface area contributed by atoms with Gasteiger partial charge in [-0.15, -0.1) is 0 Å². The summed E-state index contributed by atoms with van der Waals surface area (Å²) in [5.41, 5.74) is 2.39. The maximum Gasteiger partial charge on any atom is 0.320 e. The first-order valence-electron chi connectivity index (χ1n) is 10.1. The summed E-state index contributed by atoms with van der Waals surface area (Å²) in [6.07, 6.45) is 3.41. The standard InChI is InChI=1S/C23H26N2O5/c1-3-29-20(27)14-25(15-21(28)30-4-2)13-12-24-18-10-8-16-6-5-7-17-9-11-19(26)23(18)22(16)17/h5-11,24H,3-4,12-15H2,1-2H3. The van der Waals surface area contributed by atoms with E-state index in [0.29, 0.717) is 18.7 Å². The topological polar surface area (TPSA) is 84.9 Å². The lowest BCUT2D eigenvalue weighted by Gasteiger charge is -2.22. The zero-order valence-electron chi connectivity index (χ0n) is 17.3. The van der Waals surface area contributed by atoms with E-state index in [1.54, 1.807) is 24.8 Å². The Hall–Kier alpha value is -3.19. The molecule has 0 aromatic heterocycles. The van der Waals surface area contributed by atoms with Crippen molar-refractivity contribution >= 4 is 40.3 Å². The van der Waals surface area contributed by atoms with Gasteiger partial charge >= 0.3 is 11.9 Å². The van der Waals surface area contributed by atoms with E-state index >= 15 is 0 Å². The number of carbonyl (C=O) groups is 3. The fourth-order valence-electron chi connectivity index (χ4n) is 3.54. The van der Waals surface area contributed by atoms with Gasteiger partial charge in [0.05, 0.1) is 31.9 Å². The van der Waals surface area contributed by atoms with Gasteiger partial charge in [0, 0.05) is 24.2 Å². The van der Waals surface area contributed by atoms with Crippen molar-refractivity contribution in [2.45, 2.75) is 13.8 Å². The lowest BCUT2D eigenvalue weighted by Crippen LogP contribution is -2.39. The summed E-state index contributed by atoms with van der Waals surface area (Å²) in [4.78, 5) is 38.0. The maximum atomic E-state index is 12.6. The van der Waals surface area contributed by atoms with Gasteiger partial charge in [-0.1, -0.05) is 30.3 Å². The molecule has 1 N–H and O–H groups in total. The number of hydrogen-bond donors (Lipinski definition) is 1. The van der Waals surface area contributed by atoms with Crippen LogP contribution in [0.3, 0.4) is 0 Å². The molecule has 0 unspecified atom stereocenters. The minimum absolute atomic E-state index is 0.00920. The molecule has 0 heterocycles. The molecular formula is C23H26N2O5. The van der Waals surface area contributed by atoms with Gasteiger partial charge in [-0.2, -0.15) is 0 Å². The Kier molecular flexibility index (Phi) is 7.19. The number of ketones is 1. The van der Waals surface area contributed by atoms with Crippen LogP contribution < -0.4 is 5.32 Å². The van der Waals surface area contributed by atoms with E-state index in [1.165, 1.54) is 0 Å². The Balaban J connectivity index is 1.72. The number of rotatable bonds is 10. The predicted octanol–water partition coefficient (Wildman–Crippen LogP) is 2.89. The number of nitrogens with zero attached hydrogens (tertiary/aromatic N) is 1. The number of anilines is 1. The highest BCUT2D eigenvalue weighted by atomic mass is 16.5. The van der Waals surface area contributed by atoms with Gasteiger partial charge in [-0.25, -0.2) is 0 Å². The Labute approximate surface area is 175 Å². The quantitative estimate of drug-likeness (QED) is 0.603. The second-order valence-electron chi connectivity index (χ2n) is 6.88. The lowest BCUT2D eigenvalue weighted by molar-refractivity contribution is -0.148. The van der Waals surface area contributed by atoms with Crippen molar-refractivity contribution in [3.8, 4) is 0 Å². The van der Waals surface area contributed by atoms with Crippen LogP contribution in [0.2, 0.25) is 0 Å². The first-order chi connectivity index (χ1) is 14.5. The Morgan fingerprint density at radius 1 is 0.967 bits per heavy atom. The lowest BCUT2D eigenvalue weighted by atomic mass is 9.91. The Bertz CT molecular complexity index is 963. The largest absolute Gasteiger partial charge is 0.465 e. The molecule has 0 spiro atoms. The van der Waals surface area contributed by atoms with Crippen LogP contribution in [0, 0.1) is 0 Å². The van der Waals surface area contributed by atoms with Crippen LogP contribution in [0.4, 0.5) is 5.69 Å². The van der Waals surface area contributed by atoms with Gasteiger partial charge in [0.25, 0.3) is 0 Å². The fourth-order valence-corrected chi connectivity index (χ4v) is 3.54.